The summed E-state index contributed by atoms with van der Waals surface area (Å²) in [5.41, 5.74) is 0. The number of oxime groups is 1. The molecule has 0 spiro atoms. The lowest BCUT2D eigenvalue weighted by Gasteiger charge is -1.94. The van der Waals surface area contributed by atoms with Crippen LogP contribution in [0.25, 0.3) is 0 Å². The summed E-state index contributed by atoms with van der Waals surface area (Å²) in [6.07, 6.45) is 4.36. The molecule has 0 aliphatic heterocycles. The number of unbranched alkanes of at least 4 members (excludes halogenated alkanes) is 1. The van der Waals surface area contributed by atoms with Crippen LogP contribution in [0.4, 0.5) is 0 Å². The number of nitrogens with zero attached hydrogens (tertiary/aromatic N) is 1. The van der Waals surface area contributed by atoms with Gasteiger partial charge in [-0.25, -0.2) is 4.79 Å². The fourth-order valence-electron chi connectivity index (χ4n) is 1.04. The van der Waals surface area contributed by atoms with Crippen molar-refractivity contribution in [2.24, 2.45) is 5.16 Å². The van der Waals surface area contributed by atoms with E-state index in [1.165, 1.54) is 11.3 Å². The topological polar surface area (TPSA) is 58.9 Å². The fourth-order valence-corrected chi connectivity index (χ4v) is 1.84. The average molecular weight is 241 g/mol. The van der Waals surface area contributed by atoms with Gasteiger partial charge >= 0.3 is 5.97 Å². The summed E-state index contributed by atoms with van der Waals surface area (Å²) >= 11 is 1.26. The zero-order chi connectivity index (χ0) is 11.8. The summed E-state index contributed by atoms with van der Waals surface area (Å²) in [5, 5.41) is 12.5. The normalized spacial score (nSPS) is 10.8. The standard InChI is InChI=1S/C11H15NO3S/c1-2-3-8-15-12-7-6-9-4-5-10(16-9)11(13)14/h4-5,7H,2-3,6,8H2,1H3,(H,13,14). The van der Waals surface area contributed by atoms with Crippen LogP contribution in [0.15, 0.2) is 17.3 Å². The lowest BCUT2D eigenvalue weighted by Crippen LogP contribution is -1.90. The molecule has 0 bridgehead atoms. The van der Waals surface area contributed by atoms with Crippen LogP contribution >= 0.6 is 11.3 Å². The Morgan fingerprint density at radius 3 is 3.06 bits per heavy atom. The van der Waals surface area contributed by atoms with Crippen molar-refractivity contribution >= 4 is 23.5 Å². The zero-order valence-corrected chi connectivity index (χ0v) is 10.00. The predicted octanol–water partition coefficient (Wildman–Crippen LogP) is 2.79. The Bertz CT molecular complexity index is 360. The Morgan fingerprint density at radius 2 is 2.44 bits per heavy atom. The van der Waals surface area contributed by atoms with E-state index in [2.05, 4.69) is 12.1 Å². The fraction of sp³-hybridized carbons (Fsp3) is 0.455. The van der Waals surface area contributed by atoms with Crippen LogP contribution in [0.5, 0.6) is 0 Å². The first-order valence-corrected chi connectivity index (χ1v) is 6.01. The van der Waals surface area contributed by atoms with Crippen molar-refractivity contribution in [3.63, 3.8) is 0 Å². The molecule has 1 heterocycles. The Kier molecular flexibility index (Phi) is 5.56. The third kappa shape index (κ3) is 4.44. The molecule has 5 heteroatoms. The molecule has 0 aliphatic carbocycles. The van der Waals surface area contributed by atoms with E-state index in [0.29, 0.717) is 17.9 Å². The minimum absolute atomic E-state index is 0.357. The molecule has 1 aromatic rings. The van der Waals surface area contributed by atoms with Gasteiger partial charge in [-0.3, -0.25) is 0 Å². The van der Waals surface area contributed by atoms with Gasteiger partial charge in [0.1, 0.15) is 11.5 Å². The smallest absolute Gasteiger partial charge is 0.345 e. The third-order valence-electron chi connectivity index (χ3n) is 1.90. The third-order valence-corrected chi connectivity index (χ3v) is 3.00. The molecule has 0 aromatic carbocycles. The van der Waals surface area contributed by atoms with Gasteiger partial charge in [-0.05, 0) is 18.6 Å². The van der Waals surface area contributed by atoms with E-state index in [9.17, 15) is 4.79 Å². The molecule has 0 atom stereocenters. The van der Waals surface area contributed by atoms with Crippen LogP contribution in [-0.4, -0.2) is 23.9 Å². The number of carboxylic acid groups (broad SMARTS) is 1. The first kappa shape index (κ1) is 12.7. The number of rotatable bonds is 7. The molecule has 0 aliphatic rings. The number of carboxylic acids is 1. The SMILES string of the molecule is CCCCON=CCc1ccc(C(=O)O)s1. The second-order valence-electron chi connectivity index (χ2n) is 3.25. The van der Waals surface area contributed by atoms with Gasteiger partial charge in [0.2, 0.25) is 0 Å². The van der Waals surface area contributed by atoms with Crippen LogP contribution in [0, 0.1) is 0 Å². The summed E-state index contributed by atoms with van der Waals surface area (Å²) in [5.74, 6) is -0.882. The Hall–Kier alpha value is -1.36. The van der Waals surface area contributed by atoms with Crippen molar-refractivity contribution in [3.8, 4) is 0 Å². The van der Waals surface area contributed by atoms with E-state index < -0.39 is 5.97 Å². The molecule has 88 valence electrons. The molecule has 0 fully saturated rings. The van der Waals surface area contributed by atoms with Gasteiger partial charge in [-0.1, -0.05) is 18.5 Å². The molecule has 0 saturated heterocycles. The summed E-state index contributed by atoms with van der Waals surface area (Å²) in [6.45, 7) is 2.73. The van der Waals surface area contributed by atoms with Gasteiger partial charge in [0, 0.05) is 17.5 Å². The van der Waals surface area contributed by atoms with Gasteiger partial charge in [-0.2, -0.15) is 0 Å². The first-order valence-electron chi connectivity index (χ1n) is 5.20. The molecule has 0 unspecified atom stereocenters. The van der Waals surface area contributed by atoms with Crippen molar-refractivity contribution < 1.29 is 14.7 Å². The number of hydrogen-bond acceptors (Lipinski definition) is 4. The van der Waals surface area contributed by atoms with Gasteiger partial charge in [0.05, 0.1) is 0 Å². The highest BCUT2D eigenvalue weighted by molar-refractivity contribution is 7.14. The molecule has 1 N–H and O–H groups in total. The second-order valence-corrected chi connectivity index (χ2v) is 4.42. The van der Waals surface area contributed by atoms with Crippen molar-refractivity contribution in [3.05, 3.63) is 21.9 Å². The summed E-state index contributed by atoms with van der Waals surface area (Å²) in [4.78, 5) is 17.0. The van der Waals surface area contributed by atoms with E-state index in [1.54, 1.807) is 18.3 Å². The Morgan fingerprint density at radius 1 is 1.62 bits per heavy atom. The quantitative estimate of drug-likeness (QED) is 0.453. The second kappa shape index (κ2) is 7.00. The molecule has 1 aromatic heterocycles. The first-order chi connectivity index (χ1) is 7.74. The van der Waals surface area contributed by atoms with Gasteiger partial charge in [-0.15, -0.1) is 11.3 Å². The molecule has 0 radical (unpaired) electrons. The highest BCUT2D eigenvalue weighted by Gasteiger charge is 2.05. The van der Waals surface area contributed by atoms with Gasteiger partial charge < -0.3 is 9.94 Å². The van der Waals surface area contributed by atoms with Crippen LogP contribution < -0.4 is 0 Å². The van der Waals surface area contributed by atoms with Crippen molar-refractivity contribution in [1.29, 1.82) is 0 Å². The highest BCUT2D eigenvalue weighted by atomic mass is 32.1. The van der Waals surface area contributed by atoms with Gasteiger partial charge in [0.15, 0.2) is 0 Å². The van der Waals surface area contributed by atoms with Crippen LogP contribution in [-0.2, 0) is 11.3 Å². The van der Waals surface area contributed by atoms with E-state index in [-0.39, 0.29) is 0 Å². The van der Waals surface area contributed by atoms with E-state index in [1.807, 2.05) is 0 Å². The maximum absolute atomic E-state index is 10.6. The molecule has 0 amide bonds. The summed E-state index contributed by atoms with van der Waals surface area (Å²) < 4.78 is 0. The minimum atomic E-state index is -0.882. The van der Waals surface area contributed by atoms with E-state index in [0.717, 1.165) is 17.7 Å². The number of aromatic carboxylic acids is 1. The molecular weight excluding hydrogens is 226 g/mol. The number of thiophene rings is 1. The average Bonchev–Trinajstić information content (AvgIpc) is 2.72. The number of hydrogen-bond donors (Lipinski definition) is 1. The molecule has 16 heavy (non-hydrogen) atoms. The van der Waals surface area contributed by atoms with Crippen molar-refractivity contribution in [2.45, 2.75) is 26.2 Å². The molecule has 4 nitrogen and oxygen atoms in total. The maximum atomic E-state index is 10.6. The van der Waals surface area contributed by atoms with Crippen molar-refractivity contribution in [1.82, 2.24) is 0 Å². The van der Waals surface area contributed by atoms with Crippen LogP contribution in [0.2, 0.25) is 0 Å². The van der Waals surface area contributed by atoms with Crippen LogP contribution in [0.3, 0.4) is 0 Å². The van der Waals surface area contributed by atoms with Crippen LogP contribution in [0.1, 0.15) is 34.3 Å². The monoisotopic (exact) mass is 241 g/mol. The Balaban J connectivity index is 2.28. The molecular formula is C11H15NO3S. The van der Waals surface area contributed by atoms with Gasteiger partial charge in [0.25, 0.3) is 0 Å². The number of carbonyl (C=O) groups is 1. The lowest BCUT2D eigenvalue weighted by atomic mass is 10.3. The highest BCUT2D eigenvalue weighted by Crippen LogP contribution is 2.16. The maximum Gasteiger partial charge on any atom is 0.345 e. The lowest BCUT2D eigenvalue weighted by molar-refractivity contribution is 0.0702. The molecule has 0 saturated carbocycles. The summed E-state index contributed by atoms with van der Waals surface area (Å²) in [6, 6.07) is 3.40. The molecule has 1 rings (SSSR count). The van der Waals surface area contributed by atoms with Crippen molar-refractivity contribution in [2.75, 3.05) is 6.61 Å². The predicted molar refractivity (Wildman–Crippen MR) is 64.3 cm³/mol. The summed E-state index contributed by atoms with van der Waals surface area (Å²) in [7, 11) is 0. The zero-order valence-electron chi connectivity index (χ0n) is 9.18. The largest absolute Gasteiger partial charge is 0.477 e. The van der Waals surface area contributed by atoms with E-state index >= 15 is 0 Å². The Labute approximate surface area is 98.5 Å². The minimum Gasteiger partial charge on any atom is -0.477 e. The van der Waals surface area contributed by atoms with E-state index in [4.69, 9.17) is 9.94 Å².